The molecule has 0 saturated heterocycles. The minimum absolute atomic E-state index is 0.0319. The molecule has 1 amide bonds. The number of hydrogen-bond donors (Lipinski definition) is 2. The maximum Gasteiger partial charge on any atom is 0.227 e. The van der Waals surface area contributed by atoms with Crippen molar-refractivity contribution in [1.29, 1.82) is 0 Å². The van der Waals surface area contributed by atoms with Gasteiger partial charge in [0.2, 0.25) is 5.91 Å². The van der Waals surface area contributed by atoms with Crippen LogP contribution in [0.15, 0.2) is 0 Å². The highest BCUT2D eigenvalue weighted by Gasteiger charge is 2.36. The monoisotopic (exact) mass is 242 g/mol. The number of amides is 1. The van der Waals surface area contributed by atoms with Crippen LogP contribution in [0.5, 0.6) is 0 Å². The molecule has 0 aliphatic heterocycles. The molecule has 1 aliphatic rings. The minimum atomic E-state index is -0.855. The van der Waals surface area contributed by atoms with Crippen LogP contribution in [0.1, 0.15) is 40.0 Å². The summed E-state index contributed by atoms with van der Waals surface area (Å²) < 4.78 is 0. The van der Waals surface area contributed by atoms with Gasteiger partial charge in [0, 0.05) is 19.6 Å². The van der Waals surface area contributed by atoms with Gasteiger partial charge in [0.15, 0.2) is 0 Å². The summed E-state index contributed by atoms with van der Waals surface area (Å²) in [4.78, 5) is 13.9. The Morgan fingerprint density at radius 1 is 1.47 bits per heavy atom. The Kier molecular flexibility index (Phi) is 4.55. The molecule has 1 saturated carbocycles. The Morgan fingerprint density at radius 3 is 2.53 bits per heavy atom. The van der Waals surface area contributed by atoms with Crippen LogP contribution >= 0.6 is 0 Å². The van der Waals surface area contributed by atoms with Gasteiger partial charge < -0.3 is 15.7 Å². The van der Waals surface area contributed by atoms with Gasteiger partial charge in [-0.3, -0.25) is 4.79 Å². The van der Waals surface area contributed by atoms with Gasteiger partial charge in [-0.05, 0) is 32.6 Å². The molecule has 0 aromatic heterocycles. The van der Waals surface area contributed by atoms with E-state index in [-0.39, 0.29) is 17.9 Å². The van der Waals surface area contributed by atoms with Crippen LogP contribution in [0.3, 0.4) is 0 Å². The molecular formula is C13H26N2O2. The zero-order valence-electron chi connectivity index (χ0n) is 11.4. The SMILES string of the molecule is CC1CCCC(N)C1C(=O)N(C)CC(C)(C)O. The van der Waals surface area contributed by atoms with Crippen molar-refractivity contribution in [1.82, 2.24) is 4.90 Å². The molecule has 3 atom stereocenters. The summed E-state index contributed by atoms with van der Waals surface area (Å²) in [6, 6.07) is -0.0319. The summed E-state index contributed by atoms with van der Waals surface area (Å²) in [5.74, 6) is 0.332. The number of hydrogen-bond acceptors (Lipinski definition) is 3. The molecule has 0 spiro atoms. The van der Waals surface area contributed by atoms with E-state index in [4.69, 9.17) is 5.73 Å². The summed E-state index contributed by atoms with van der Waals surface area (Å²) in [5, 5.41) is 9.74. The van der Waals surface area contributed by atoms with Crippen LogP contribution in [-0.4, -0.2) is 41.1 Å². The fourth-order valence-electron chi connectivity index (χ4n) is 2.80. The molecule has 0 aromatic carbocycles. The lowest BCUT2D eigenvalue weighted by Gasteiger charge is -2.37. The normalized spacial score (nSPS) is 30.1. The molecule has 3 unspecified atom stereocenters. The number of aliphatic hydroxyl groups is 1. The van der Waals surface area contributed by atoms with Crippen molar-refractivity contribution in [3.05, 3.63) is 0 Å². The molecule has 4 heteroatoms. The van der Waals surface area contributed by atoms with E-state index in [2.05, 4.69) is 6.92 Å². The van der Waals surface area contributed by atoms with Crippen LogP contribution in [0.4, 0.5) is 0 Å². The van der Waals surface area contributed by atoms with Gasteiger partial charge in [0.05, 0.1) is 11.5 Å². The number of nitrogens with two attached hydrogens (primary N) is 1. The highest BCUT2D eigenvalue weighted by atomic mass is 16.3. The summed E-state index contributed by atoms with van der Waals surface area (Å²) >= 11 is 0. The Hall–Kier alpha value is -0.610. The number of carbonyl (C=O) groups excluding carboxylic acids is 1. The van der Waals surface area contributed by atoms with Crippen LogP contribution in [0.2, 0.25) is 0 Å². The van der Waals surface area contributed by atoms with Crippen LogP contribution in [-0.2, 0) is 4.79 Å². The van der Waals surface area contributed by atoms with Gasteiger partial charge in [-0.2, -0.15) is 0 Å². The molecule has 1 aliphatic carbocycles. The molecule has 100 valence electrons. The molecular weight excluding hydrogens is 216 g/mol. The van der Waals surface area contributed by atoms with Crippen LogP contribution in [0, 0.1) is 11.8 Å². The zero-order valence-corrected chi connectivity index (χ0v) is 11.4. The van der Waals surface area contributed by atoms with Gasteiger partial charge in [-0.1, -0.05) is 13.3 Å². The molecule has 0 radical (unpaired) electrons. The van der Waals surface area contributed by atoms with Crippen LogP contribution in [0.25, 0.3) is 0 Å². The first kappa shape index (κ1) is 14.5. The standard InChI is InChI=1S/C13H26N2O2/c1-9-6-5-7-10(14)11(9)12(16)15(4)8-13(2,3)17/h9-11,17H,5-8,14H2,1-4H3. The Balaban J connectivity index is 2.67. The lowest BCUT2D eigenvalue weighted by molar-refractivity contribution is -0.140. The summed E-state index contributed by atoms with van der Waals surface area (Å²) in [6.45, 7) is 5.86. The highest BCUT2D eigenvalue weighted by molar-refractivity contribution is 5.79. The third-order valence-electron chi connectivity index (χ3n) is 3.56. The summed E-state index contributed by atoms with van der Waals surface area (Å²) in [5.41, 5.74) is 5.21. The zero-order chi connectivity index (χ0) is 13.2. The van der Waals surface area contributed by atoms with Crippen molar-refractivity contribution >= 4 is 5.91 Å². The van der Waals surface area contributed by atoms with E-state index in [0.29, 0.717) is 12.5 Å². The second-order valence-corrected chi connectivity index (χ2v) is 6.10. The number of rotatable bonds is 3. The predicted molar refractivity (Wildman–Crippen MR) is 68.4 cm³/mol. The van der Waals surface area contributed by atoms with E-state index in [0.717, 1.165) is 19.3 Å². The van der Waals surface area contributed by atoms with Crippen LogP contribution < -0.4 is 5.73 Å². The Labute approximate surface area is 104 Å². The second-order valence-electron chi connectivity index (χ2n) is 6.10. The first-order valence-electron chi connectivity index (χ1n) is 6.45. The molecule has 4 nitrogen and oxygen atoms in total. The largest absolute Gasteiger partial charge is 0.389 e. The third-order valence-corrected chi connectivity index (χ3v) is 3.56. The molecule has 3 N–H and O–H groups in total. The molecule has 1 fully saturated rings. The van der Waals surface area contributed by atoms with E-state index in [1.807, 2.05) is 0 Å². The predicted octanol–water partition coefficient (Wildman–Crippen LogP) is 0.979. The summed E-state index contributed by atoms with van der Waals surface area (Å²) in [6.07, 6.45) is 3.11. The first-order chi connectivity index (χ1) is 7.72. The Morgan fingerprint density at radius 2 is 2.06 bits per heavy atom. The molecule has 1 rings (SSSR count). The minimum Gasteiger partial charge on any atom is -0.389 e. The third kappa shape index (κ3) is 3.96. The molecule has 0 aromatic rings. The molecule has 0 bridgehead atoms. The maximum atomic E-state index is 12.3. The van der Waals surface area contributed by atoms with Gasteiger partial charge in [-0.25, -0.2) is 0 Å². The topological polar surface area (TPSA) is 66.6 Å². The van der Waals surface area contributed by atoms with Gasteiger partial charge in [0.25, 0.3) is 0 Å². The fourth-order valence-corrected chi connectivity index (χ4v) is 2.80. The van der Waals surface area contributed by atoms with E-state index < -0.39 is 5.60 Å². The average molecular weight is 242 g/mol. The smallest absolute Gasteiger partial charge is 0.227 e. The second kappa shape index (κ2) is 5.36. The lowest BCUT2D eigenvalue weighted by Crippen LogP contribution is -2.50. The molecule has 0 heterocycles. The highest BCUT2D eigenvalue weighted by Crippen LogP contribution is 2.30. The fraction of sp³-hybridized carbons (Fsp3) is 0.923. The van der Waals surface area contributed by atoms with Gasteiger partial charge >= 0.3 is 0 Å². The van der Waals surface area contributed by atoms with Gasteiger partial charge in [0.1, 0.15) is 0 Å². The molecule has 17 heavy (non-hydrogen) atoms. The van der Waals surface area contributed by atoms with Crippen molar-refractivity contribution in [3.63, 3.8) is 0 Å². The number of nitrogens with zero attached hydrogens (tertiary/aromatic N) is 1. The van der Waals surface area contributed by atoms with Crippen molar-refractivity contribution in [3.8, 4) is 0 Å². The van der Waals surface area contributed by atoms with E-state index in [1.165, 1.54) is 0 Å². The van der Waals surface area contributed by atoms with E-state index in [9.17, 15) is 9.90 Å². The van der Waals surface area contributed by atoms with Crippen molar-refractivity contribution < 1.29 is 9.90 Å². The Bertz CT molecular complexity index is 263. The van der Waals surface area contributed by atoms with Crippen molar-refractivity contribution in [2.24, 2.45) is 17.6 Å². The summed E-state index contributed by atoms with van der Waals surface area (Å²) in [7, 11) is 1.74. The first-order valence-corrected chi connectivity index (χ1v) is 6.45. The van der Waals surface area contributed by atoms with Gasteiger partial charge in [-0.15, -0.1) is 0 Å². The van der Waals surface area contributed by atoms with Crippen molar-refractivity contribution in [2.75, 3.05) is 13.6 Å². The number of carbonyl (C=O) groups is 1. The lowest BCUT2D eigenvalue weighted by atomic mass is 9.76. The number of likely N-dealkylation sites (N-methyl/N-ethyl adjacent to an activating group) is 1. The quantitative estimate of drug-likeness (QED) is 0.775. The van der Waals surface area contributed by atoms with E-state index in [1.54, 1.807) is 25.8 Å². The average Bonchev–Trinajstić information content (AvgIpc) is 2.14. The van der Waals surface area contributed by atoms with Crippen molar-refractivity contribution in [2.45, 2.75) is 51.7 Å². The van der Waals surface area contributed by atoms with E-state index >= 15 is 0 Å². The maximum absolute atomic E-state index is 12.3.